The number of methoxy groups -OCH3 is 1. The molecule has 0 aliphatic carbocycles. The first-order chi connectivity index (χ1) is 9.10. The average Bonchev–Trinajstić information content (AvgIpc) is 2.38. The second-order valence-electron chi connectivity index (χ2n) is 5.23. The molecule has 0 heterocycles. The van der Waals surface area contributed by atoms with Crippen LogP contribution in [-0.4, -0.2) is 12.9 Å². The van der Waals surface area contributed by atoms with Gasteiger partial charge in [-0.1, -0.05) is 32.6 Å². The van der Waals surface area contributed by atoms with E-state index in [4.69, 9.17) is 4.74 Å². The topological polar surface area (TPSA) is 26.3 Å². The SMILES string of the molecule is CCCCCCCC(=O)c1cc(C)c(OC)c(C)c1. The van der Waals surface area contributed by atoms with Crippen molar-refractivity contribution in [1.82, 2.24) is 0 Å². The van der Waals surface area contributed by atoms with Gasteiger partial charge in [-0.25, -0.2) is 0 Å². The van der Waals surface area contributed by atoms with Crippen molar-refractivity contribution in [1.29, 1.82) is 0 Å². The number of hydrogen-bond donors (Lipinski definition) is 0. The summed E-state index contributed by atoms with van der Waals surface area (Å²) in [6, 6.07) is 3.89. The highest BCUT2D eigenvalue weighted by molar-refractivity contribution is 5.96. The number of Topliss-reactive ketones (excluding diaryl/α,β-unsaturated/α-hetero) is 1. The van der Waals surface area contributed by atoms with E-state index in [1.807, 2.05) is 26.0 Å². The first-order valence-electron chi connectivity index (χ1n) is 7.28. The van der Waals surface area contributed by atoms with Crippen molar-refractivity contribution in [2.24, 2.45) is 0 Å². The molecule has 1 aromatic rings. The molecule has 2 heteroatoms. The number of unbranched alkanes of at least 4 members (excludes halogenated alkanes) is 4. The van der Waals surface area contributed by atoms with E-state index in [1.54, 1.807) is 7.11 Å². The van der Waals surface area contributed by atoms with Gasteiger partial charge in [-0.3, -0.25) is 4.79 Å². The van der Waals surface area contributed by atoms with Crippen molar-refractivity contribution in [3.8, 4) is 5.75 Å². The Morgan fingerprint density at radius 2 is 1.63 bits per heavy atom. The zero-order valence-electron chi connectivity index (χ0n) is 12.7. The lowest BCUT2D eigenvalue weighted by molar-refractivity contribution is 0.0979. The third-order valence-electron chi connectivity index (χ3n) is 3.49. The molecule has 0 spiro atoms. The molecule has 0 atom stereocenters. The summed E-state index contributed by atoms with van der Waals surface area (Å²) >= 11 is 0. The fraction of sp³-hybridized carbons (Fsp3) is 0.588. The summed E-state index contributed by atoms with van der Waals surface area (Å²) in [6.45, 7) is 6.18. The van der Waals surface area contributed by atoms with E-state index in [1.165, 1.54) is 19.3 Å². The van der Waals surface area contributed by atoms with Crippen LogP contribution in [0.3, 0.4) is 0 Å². The lowest BCUT2D eigenvalue weighted by Crippen LogP contribution is -2.02. The molecule has 0 unspecified atom stereocenters. The highest BCUT2D eigenvalue weighted by atomic mass is 16.5. The molecule has 0 amide bonds. The van der Waals surface area contributed by atoms with Crippen LogP contribution in [0.15, 0.2) is 12.1 Å². The summed E-state index contributed by atoms with van der Waals surface area (Å²) in [5.74, 6) is 1.14. The molecule has 0 saturated heterocycles. The van der Waals surface area contributed by atoms with Gasteiger partial charge in [-0.2, -0.15) is 0 Å². The van der Waals surface area contributed by atoms with E-state index in [9.17, 15) is 4.79 Å². The summed E-state index contributed by atoms with van der Waals surface area (Å²) in [4.78, 5) is 12.1. The summed E-state index contributed by atoms with van der Waals surface area (Å²) in [5, 5.41) is 0. The highest BCUT2D eigenvalue weighted by Crippen LogP contribution is 2.25. The molecular formula is C17H26O2. The molecule has 0 aromatic heterocycles. The Labute approximate surface area is 117 Å². The number of carbonyl (C=O) groups is 1. The average molecular weight is 262 g/mol. The van der Waals surface area contributed by atoms with Crippen LogP contribution in [0.4, 0.5) is 0 Å². The van der Waals surface area contributed by atoms with Gasteiger partial charge in [0.15, 0.2) is 5.78 Å². The lowest BCUT2D eigenvalue weighted by Gasteiger charge is -2.10. The molecule has 0 fully saturated rings. The molecule has 0 aliphatic rings. The van der Waals surface area contributed by atoms with Crippen molar-refractivity contribution in [2.45, 2.75) is 59.3 Å². The molecule has 0 bridgehead atoms. The van der Waals surface area contributed by atoms with E-state index < -0.39 is 0 Å². The van der Waals surface area contributed by atoms with Crippen LogP contribution >= 0.6 is 0 Å². The zero-order valence-corrected chi connectivity index (χ0v) is 12.7. The van der Waals surface area contributed by atoms with Gasteiger partial charge in [-0.05, 0) is 43.5 Å². The fourth-order valence-corrected chi connectivity index (χ4v) is 2.47. The maximum absolute atomic E-state index is 12.1. The van der Waals surface area contributed by atoms with Gasteiger partial charge in [0.05, 0.1) is 7.11 Å². The van der Waals surface area contributed by atoms with Gasteiger partial charge in [0.1, 0.15) is 5.75 Å². The van der Waals surface area contributed by atoms with Gasteiger partial charge >= 0.3 is 0 Å². The second-order valence-corrected chi connectivity index (χ2v) is 5.23. The van der Waals surface area contributed by atoms with Crippen molar-refractivity contribution in [3.05, 3.63) is 28.8 Å². The molecule has 1 aromatic carbocycles. The Morgan fingerprint density at radius 1 is 1.05 bits per heavy atom. The van der Waals surface area contributed by atoms with Crippen LogP contribution < -0.4 is 4.74 Å². The standard InChI is InChI=1S/C17H26O2/c1-5-6-7-8-9-10-16(18)15-11-13(2)17(19-4)14(3)12-15/h11-12H,5-10H2,1-4H3. The van der Waals surface area contributed by atoms with Gasteiger partial charge in [0.25, 0.3) is 0 Å². The normalized spacial score (nSPS) is 10.5. The maximum Gasteiger partial charge on any atom is 0.162 e. The number of carbonyl (C=O) groups excluding carboxylic acids is 1. The Kier molecular flexibility index (Phi) is 6.61. The minimum Gasteiger partial charge on any atom is -0.496 e. The lowest BCUT2D eigenvalue weighted by atomic mass is 9.99. The van der Waals surface area contributed by atoms with Crippen LogP contribution in [0.25, 0.3) is 0 Å². The van der Waals surface area contributed by atoms with Crippen LogP contribution in [0, 0.1) is 13.8 Å². The van der Waals surface area contributed by atoms with Crippen molar-refractivity contribution in [3.63, 3.8) is 0 Å². The molecule has 2 nitrogen and oxygen atoms in total. The van der Waals surface area contributed by atoms with Crippen molar-refractivity contribution in [2.75, 3.05) is 7.11 Å². The first kappa shape index (κ1) is 15.7. The fourth-order valence-electron chi connectivity index (χ4n) is 2.47. The van der Waals surface area contributed by atoms with Crippen LogP contribution in [0.2, 0.25) is 0 Å². The predicted octanol–water partition coefficient (Wildman–Crippen LogP) is 4.86. The van der Waals surface area contributed by atoms with Crippen molar-refractivity contribution >= 4 is 5.78 Å². The molecule has 0 N–H and O–H groups in total. The number of aryl methyl sites for hydroxylation is 2. The van der Waals surface area contributed by atoms with Crippen LogP contribution in [0.5, 0.6) is 5.75 Å². The molecule has 19 heavy (non-hydrogen) atoms. The zero-order chi connectivity index (χ0) is 14.3. The largest absolute Gasteiger partial charge is 0.496 e. The highest BCUT2D eigenvalue weighted by Gasteiger charge is 2.10. The monoisotopic (exact) mass is 262 g/mol. The van der Waals surface area contributed by atoms with E-state index in [-0.39, 0.29) is 5.78 Å². The number of hydrogen-bond acceptors (Lipinski definition) is 2. The molecule has 0 radical (unpaired) electrons. The smallest absolute Gasteiger partial charge is 0.162 e. The number of benzene rings is 1. The van der Waals surface area contributed by atoms with Crippen LogP contribution in [0.1, 0.15) is 66.9 Å². The molecule has 1 rings (SSSR count). The second kappa shape index (κ2) is 7.98. The maximum atomic E-state index is 12.1. The third-order valence-corrected chi connectivity index (χ3v) is 3.49. The molecular weight excluding hydrogens is 236 g/mol. The van der Waals surface area contributed by atoms with E-state index in [0.29, 0.717) is 6.42 Å². The van der Waals surface area contributed by atoms with Gasteiger partial charge in [0, 0.05) is 12.0 Å². The quantitative estimate of drug-likeness (QED) is 0.494. The summed E-state index contributed by atoms with van der Waals surface area (Å²) in [5.41, 5.74) is 2.90. The molecule has 0 aliphatic heterocycles. The van der Waals surface area contributed by atoms with Gasteiger partial charge in [-0.15, -0.1) is 0 Å². The first-order valence-corrected chi connectivity index (χ1v) is 7.28. The third kappa shape index (κ3) is 4.70. The Bertz CT molecular complexity index is 398. The minimum atomic E-state index is 0.255. The van der Waals surface area contributed by atoms with Crippen molar-refractivity contribution < 1.29 is 9.53 Å². The Hall–Kier alpha value is -1.31. The Morgan fingerprint density at radius 3 is 2.16 bits per heavy atom. The van der Waals surface area contributed by atoms with Gasteiger partial charge in [0.2, 0.25) is 0 Å². The van der Waals surface area contributed by atoms with E-state index in [2.05, 4.69) is 6.92 Å². The van der Waals surface area contributed by atoms with Crippen LogP contribution in [-0.2, 0) is 0 Å². The predicted molar refractivity (Wildman–Crippen MR) is 80.2 cm³/mol. The number of rotatable bonds is 8. The number of ketones is 1. The molecule has 106 valence electrons. The minimum absolute atomic E-state index is 0.255. The Balaban J connectivity index is 2.58. The number of ether oxygens (including phenoxy) is 1. The van der Waals surface area contributed by atoms with Gasteiger partial charge < -0.3 is 4.74 Å². The van der Waals surface area contributed by atoms with E-state index in [0.717, 1.165) is 35.3 Å². The van der Waals surface area contributed by atoms with E-state index >= 15 is 0 Å². The summed E-state index contributed by atoms with van der Waals surface area (Å²) < 4.78 is 5.32. The summed E-state index contributed by atoms with van der Waals surface area (Å²) in [7, 11) is 1.67. The summed E-state index contributed by atoms with van der Waals surface area (Å²) in [6.07, 6.45) is 6.58. The molecule has 0 saturated carbocycles.